The normalized spacial score (nSPS) is 14.6. The molecule has 0 atom stereocenters. The summed E-state index contributed by atoms with van der Waals surface area (Å²) in [5.74, 6) is 0.695. The van der Waals surface area contributed by atoms with Crippen LogP contribution in [-0.4, -0.2) is 59.4 Å². The molecule has 1 aliphatic heterocycles. The molecule has 1 aromatic carbocycles. The van der Waals surface area contributed by atoms with Gasteiger partial charge in [-0.25, -0.2) is 15.0 Å². The van der Waals surface area contributed by atoms with Crippen molar-refractivity contribution < 1.29 is 4.74 Å². The number of rotatable bonds is 5. The van der Waals surface area contributed by atoms with Crippen LogP contribution in [0.1, 0.15) is 0 Å². The fraction of sp³-hybridized carbons (Fsp3) is 0.368. The van der Waals surface area contributed by atoms with Crippen LogP contribution >= 0.6 is 11.6 Å². The number of ether oxygens (including phenoxy) is 1. The second-order valence-electron chi connectivity index (χ2n) is 6.61. The van der Waals surface area contributed by atoms with Gasteiger partial charge in [0.25, 0.3) is 5.56 Å². The molecular formula is C19H21ClN6O2. The molecule has 0 aliphatic carbocycles. The van der Waals surface area contributed by atoms with Gasteiger partial charge in [0, 0.05) is 39.0 Å². The van der Waals surface area contributed by atoms with Gasteiger partial charge in [0.05, 0.1) is 47.8 Å². The molecule has 28 heavy (non-hydrogen) atoms. The SMILES string of the molecule is COCCn1cnc2cc(N3CCN(c4ncc(Cl)cn4)CC3)ccc2c1=O. The number of aromatic nitrogens is 4. The van der Waals surface area contributed by atoms with Crippen molar-refractivity contribution in [3.05, 3.63) is 52.3 Å². The molecule has 1 saturated heterocycles. The van der Waals surface area contributed by atoms with Crippen molar-refractivity contribution in [2.75, 3.05) is 49.7 Å². The first-order chi connectivity index (χ1) is 13.7. The van der Waals surface area contributed by atoms with E-state index >= 15 is 0 Å². The van der Waals surface area contributed by atoms with E-state index in [0.717, 1.165) is 31.9 Å². The lowest BCUT2D eigenvalue weighted by Gasteiger charge is -2.36. The summed E-state index contributed by atoms with van der Waals surface area (Å²) in [6.07, 6.45) is 4.82. The van der Waals surface area contributed by atoms with Crippen LogP contribution in [0.25, 0.3) is 10.9 Å². The van der Waals surface area contributed by atoms with E-state index in [4.69, 9.17) is 16.3 Å². The Morgan fingerprint density at radius 2 is 1.79 bits per heavy atom. The number of hydrogen-bond acceptors (Lipinski definition) is 7. The summed E-state index contributed by atoms with van der Waals surface area (Å²) < 4.78 is 6.62. The summed E-state index contributed by atoms with van der Waals surface area (Å²) in [6.45, 7) is 4.27. The summed E-state index contributed by atoms with van der Waals surface area (Å²) in [6, 6.07) is 5.82. The van der Waals surface area contributed by atoms with Gasteiger partial charge in [0.1, 0.15) is 0 Å². The van der Waals surface area contributed by atoms with Crippen LogP contribution in [0.2, 0.25) is 5.02 Å². The molecule has 1 aliphatic rings. The van der Waals surface area contributed by atoms with Gasteiger partial charge < -0.3 is 14.5 Å². The number of fused-ring (bicyclic) bond motifs is 1. The Bertz CT molecular complexity index is 1020. The van der Waals surface area contributed by atoms with E-state index in [-0.39, 0.29) is 5.56 Å². The highest BCUT2D eigenvalue weighted by Crippen LogP contribution is 2.21. The maximum Gasteiger partial charge on any atom is 0.261 e. The summed E-state index contributed by atoms with van der Waals surface area (Å²) in [5.41, 5.74) is 1.73. The van der Waals surface area contributed by atoms with Crippen molar-refractivity contribution in [1.82, 2.24) is 19.5 Å². The molecule has 146 valence electrons. The zero-order valence-electron chi connectivity index (χ0n) is 15.6. The molecule has 3 heterocycles. The van der Waals surface area contributed by atoms with Crippen molar-refractivity contribution in [2.45, 2.75) is 6.54 Å². The molecular weight excluding hydrogens is 380 g/mol. The van der Waals surface area contributed by atoms with E-state index in [0.29, 0.717) is 35.0 Å². The van der Waals surface area contributed by atoms with Gasteiger partial charge in [0.15, 0.2) is 0 Å². The summed E-state index contributed by atoms with van der Waals surface area (Å²) >= 11 is 5.86. The Morgan fingerprint density at radius 1 is 1.07 bits per heavy atom. The Hall–Kier alpha value is -2.71. The van der Waals surface area contributed by atoms with Crippen molar-refractivity contribution >= 4 is 34.1 Å². The Labute approximate surface area is 167 Å². The summed E-state index contributed by atoms with van der Waals surface area (Å²) in [4.78, 5) is 30.0. The molecule has 0 bridgehead atoms. The molecule has 9 heteroatoms. The van der Waals surface area contributed by atoms with Crippen molar-refractivity contribution in [2.24, 2.45) is 0 Å². The van der Waals surface area contributed by atoms with Crippen LogP contribution in [0, 0.1) is 0 Å². The zero-order chi connectivity index (χ0) is 19.5. The third-order valence-corrected chi connectivity index (χ3v) is 5.07. The third kappa shape index (κ3) is 3.79. The van der Waals surface area contributed by atoms with E-state index < -0.39 is 0 Å². The highest BCUT2D eigenvalue weighted by atomic mass is 35.5. The average molecular weight is 401 g/mol. The number of methoxy groups -OCH3 is 1. The van der Waals surface area contributed by atoms with Crippen molar-refractivity contribution in [3.8, 4) is 0 Å². The zero-order valence-corrected chi connectivity index (χ0v) is 16.3. The first kappa shape index (κ1) is 18.6. The first-order valence-corrected chi connectivity index (χ1v) is 9.49. The van der Waals surface area contributed by atoms with E-state index in [1.807, 2.05) is 18.2 Å². The fourth-order valence-electron chi connectivity index (χ4n) is 3.33. The number of anilines is 2. The number of halogens is 1. The number of hydrogen-bond donors (Lipinski definition) is 0. The molecule has 0 saturated carbocycles. The molecule has 0 spiro atoms. The van der Waals surface area contributed by atoms with Gasteiger partial charge in [-0.15, -0.1) is 0 Å². The molecule has 0 unspecified atom stereocenters. The van der Waals surface area contributed by atoms with Gasteiger partial charge in [-0.2, -0.15) is 0 Å². The molecule has 2 aromatic heterocycles. The molecule has 0 radical (unpaired) electrons. The smallest absolute Gasteiger partial charge is 0.261 e. The van der Waals surface area contributed by atoms with Gasteiger partial charge in [-0.05, 0) is 18.2 Å². The lowest BCUT2D eigenvalue weighted by molar-refractivity contribution is 0.186. The Morgan fingerprint density at radius 3 is 2.50 bits per heavy atom. The largest absolute Gasteiger partial charge is 0.383 e. The van der Waals surface area contributed by atoms with Crippen LogP contribution < -0.4 is 15.4 Å². The summed E-state index contributed by atoms with van der Waals surface area (Å²) in [7, 11) is 1.62. The van der Waals surface area contributed by atoms with Crippen molar-refractivity contribution in [1.29, 1.82) is 0 Å². The minimum absolute atomic E-state index is 0.0432. The predicted molar refractivity (Wildman–Crippen MR) is 109 cm³/mol. The Balaban J connectivity index is 1.49. The fourth-order valence-corrected chi connectivity index (χ4v) is 3.42. The van der Waals surface area contributed by atoms with E-state index in [1.54, 1.807) is 30.4 Å². The molecule has 3 aromatic rings. The predicted octanol–water partition coefficient (Wildman–Crippen LogP) is 1.81. The number of benzene rings is 1. The minimum atomic E-state index is -0.0432. The second-order valence-corrected chi connectivity index (χ2v) is 7.05. The molecule has 8 nitrogen and oxygen atoms in total. The highest BCUT2D eigenvalue weighted by molar-refractivity contribution is 6.30. The first-order valence-electron chi connectivity index (χ1n) is 9.11. The van der Waals surface area contributed by atoms with Crippen LogP contribution in [0.3, 0.4) is 0 Å². The van der Waals surface area contributed by atoms with Crippen LogP contribution in [0.4, 0.5) is 11.6 Å². The number of piperazine rings is 1. The molecule has 4 rings (SSSR count). The van der Waals surface area contributed by atoms with Crippen molar-refractivity contribution in [3.63, 3.8) is 0 Å². The standard InChI is InChI=1S/C19H21ClN6O2/c1-28-9-8-26-13-23-17-10-15(2-3-16(17)18(26)27)24-4-6-25(7-5-24)19-21-11-14(20)12-22-19/h2-3,10-13H,4-9H2,1H3. The number of nitrogens with zero attached hydrogens (tertiary/aromatic N) is 6. The average Bonchev–Trinajstić information content (AvgIpc) is 2.74. The maximum absolute atomic E-state index is 12.6. The van der Waals surface area contributed by atoms with E-state index in [9.17, 15) is 4.79 Å². The third-order valence-electron chi connectivity index (χ3n) is 4.88. The lowest BCUT2D eigenvalue weighted by atomic mass is 10.2. The maximum atomic E-state index is 12.6. The van der Waals surface area contributed by atoms with Crippen LogP contribution in [0.15, 0.2) is 41.7 Å². The summed E-state index contributed by atoms with van der Waals surface area (Å²) in [5, 5.41) is 1.16. The van der Waals surface area contributed by atoms with Gasteiger partial charge in [0.2, 0.25) is 5.95 Å². The highest BCUT2D eigenvalue weighted by Gasteiger charge is 2.19. The second kappa shape index (κ2) is 8.12. The quantitative estimate of drug-likeness (QED) is 0.646. The molecule has 0 N–H and O–H groups in total. The Kier molecular flexibility index (Phi) is 5.40. The lowest BCUT2D eigenvalue weighted by Crippen LogP contribution is -2.47. The van der Waals surface area contributed by atoms with E-state index in [2.05, 4.69) is 24.8 Å². The van der Waals surface area contributed by atoms with Gasteiger partial charge >= 0.3 is 0 Å². The van der Waals surface area contributed by atoms with E-state index in [1.165, 1.54) is 0 Å². The van der Waals surface area contributed by atoms with Crippen LogP contribution in [-0.2, 0) is 11.3 Å². The molecule has 0 amide bonds. The topological polar surface area (TPSA) is 76.4 Å². The van der Waals surface area contributed by atoms with Crippen LogP contribution in [0.5, 0.6) is 0 Å². The monoisotopic (exact) mass is 400 g/mol. The van der Waals surface area contributed by atoms with Gasteiger partial charge in [-0.1, -0.05) is 11.6 Å². The van der Waals surface area contributed by atoms with Gasteiger partial charge in [-0.3, -0.25) is 9.36 Å². The molecule has 1 fully saturated rings. The minimum Gasteiger partial charge on any atom is -0.383 e.